The summed E-state index contributed by atoms with van der Waals surface area (Å²) in [4.78, 5) is 11.8. The minimum atomic E-state index is -3.74. The quantitative estimate of drug-likeness (QED) is 0.759. The summed E-state index contributed by atoms with van der Waals surface area (Å²) in [6, 6.07) is 12.8. The van der Waals surface area contributed by atoms with E-state index in [4.69, 9.17) is 16.3 Å². The minimum absolute atomic E-state index is 0.0881. The number of carboxylic acid groups (broad SMARTS) is 1. The van der Waals surface area contributed by atoms with Crippen molar-refractivity contribution in [3.05, 3.63) is 53.6 Å². The number of halogens is 1. The van der Waals surface area contributed by atoms with Gasteiger partial charge < -0.3 is 15.2 Å². The molecular formula is C19H20ClNO5S. The summed E-state index contributed by atoms with van der Waals surface area (Å²) < 4.78 is 31.2. The fourth-order valence-electron chi connectivity index (χ4n) is 3.13. The molecule has 2 N–H and O–H groups in total. The maximum absolute atomic E-state index is 12.8. The van der Waals surface area contributed by atoms with Crippen LogP contribution >= 0.6 is 11.6 Å². The number of piperidine rings is 1. The second-order valence-corrected chi connectivity index (χ2v) is 9.05. The Morgan fingerprint density at radius 3 is 2.07 bits per heavy atom. The predicted octanol–water partition coefficient (Wildman–Crippen LogP) is 3.36. The van der Waals surface area contributed by atoms with Gasteiger partial charge in [-0.15, -0.1) is 0 Å². The molecule has 8 heteroatoms. The maximum Gasteiger partial charge on any atom is 0.310 e. The summed E-state index contributed by atoms with van der Waals surface area (Å²) in [6.45, 7) is 0.991. The maximum atomic E-state index is 12.8. The number of hydrogen-bond donors (Lipinski definition) is 2. The van der Waals surface area contributed by atoms with Gasteiger partial charge in [-0.2, -0.15) is 0 Å². The third kappa shape index (κ3) is 4.61. The van der Waals surface area contributed by atoms with Crippen molar-refractivity contribution in [1.29, 1.82) is 0 Å². The molecule has 1 fully saturated rings. The van der Waals surface area contributed by atoms with E-state index >= 15 is 0 Å². The Morgan fingerprint density at radius 1 is 1.04 bits per heavy atom. The highest BCUT2D eigenvalue weighted by Crippen LogP contribution is 2.33. The first-order valence-electron chi connectivity index (χ1n) is 8.51. The van der Waals surface area contributed by atoms with Gasteiger partial charge in [0.25, 0.3) is 0 Å². The van der Waals surface area contributed by atoms with Gasteiger partial charge in [0.15, 0.2) is 9.84 Å². The average molecular weight is 410 g/mol. The highest BCUT2D eigenvalue weighted by Gasteiger charge is 2.43. The van der Waals surface area contributed by atoms with E-state index in [9.17, 15) is 18.3 Å². The molecule has 6 nitrogen and oxygen atoms in total. The molecule has 0 radical (unpaired) electrons. The number of carboxylic acids is 1. The molecule has 144 valence electrons. The molecule has 0 aliphatic carbocycles. The van der Waals surface area contributed by atoms with Crippen molar-refractivity contribution in [2.24, 2.45) is 5.41 Å². The van der Waals surface area contributed by atoms with Crippen molar-refractivity contribution in [3.63, 3.8) is 0 Å². The number of benzene rings is 2. The molecule has 0 aromatic heterocycles. The molecule has 1 heterocycles. The van der Waals surface area contributed by atoms with Gasteiger partial charge in [0, 0.05) is 5.02 Å². The summed E-state index contributed by atoms with van der Waals surface area (Å²) in [5.41, 5.74) is -1.25. The number of hydrogen-bond acceptors (Lipinski definition) is 5. The highest BCUT2D eigenvalue weighted by atomic mass is 35.5. The van der Waals surface area contributed by atoms with E-state index in [0.717, 1.165) is 0 Å². The van der Waals surface area contributed by atoms with Crippen LogP contribution in [-0.4, -0.2) is 38.3 Å². The first kappa shape index (κ1) is 19.7. The largest absolute Gasteiger partial charge is 0.481 e. The predicted molar refractivity (Wildman–Crippen MR) is 102 cm³/mol. The lowest BCUT2D eigenvalue weighted by atomic mass is 9.81. The van der Waals surface area contributed by atoms with Gasteiger partial charge in [-0.1, -0.05) is 11.6 Å². The Hall–Kier alpha value is -2.09. The molecule has 0 spiro atoms. The van der Waals surface area contributed by atoms with E-state index in [2.05, 4.69) is 5.32 Å². The van der Waals surface area contributed by atoms with Crippen LogP contribution < -0.4 is 10.1 Å². The smallest absolute Gasteiger partial charge is 0.310 e. The number of ether oxygens (including phenoxy) is 1. The molecule has 1 aliphatic heterocycles. The Labute approximate surface area is 163 Å². The molecule has 3 rings (SSSR count). The molecule has 27 heavy (non-hydrogen) atoms. The van der Waals surface area contributed by atoms with Gasteiger partial charge in [-0.05, 0) is 74.5 Å². The van der Waals surface area contributed by atoms with Crippen LogP contribution in [0.25, 0.3) is 0 Å². The first-order valence-corrected chi connectivity index (χ1v) is 10.5. The van der Waals surface area contributed by atoms with Crippen LogP contribution in [0.4, 0.5) is 0 Å². The zero-order valence-corrected chi connectivity index (χ0v) is 16.1. The summed E-state index contributed by atoms with van der Waals surface area (Å²) in [5.74, 6) is -0.412. The number of carbonyl (C=O) groups is 1. The number of rotatable bonds is 6. The molecule has 1 saturated heterocycles. The van der Waals surface area contributed by atoms with Crippen molar-refractivity contribution in [3.8, 4) is 11.5 Å². The Balaban J connectivity index is 1.76. The zero-order valence-electron chi connectivity index (χ0n) is 14.5. The molecular weight excluding hydrogens is 390 g/mol. The molecule has 1 aliphatic rings. The van der Waals surface area contributed by atoms with Gasteiger partial charge in [0.1, 0.15) is 11.5 Å². The van der Waals surface area contributed by atoms with E-state index < -0.39 is 27.0 Å². The fourth-order valence-corrected chi connectivity index (χ4v) is 5.11. The third-order valence-electron chi connectivity index (χ3n) is 4.71. The van der Waals surface area contributed by atoms with Crippen molar-refractivity contribution in [1.82, 2.24) is 5.32 Å². The summed E-state index contributed by atoms with van der Waals surface area (Å²) in [7, 11) is -3.74. The van der Waals surface area contributed by atoms with Crippen LogP contribution in [0, 0.1) is 5.41 Å². The van der Waals surface area contributed by atoms with Crippen molar-refractivity contribution in [2.75, 3.05) is 18.8 Å². The third-order valence-corrected chi connectivity index (χ3v) is 6.89. The monoisotopic (exact) mass is 409 g/mol. The summed E-state index contributed by atoms with van der Waals surface area (Å²) in [5, 5.41) is 13.3. The average Bonchev–Trinajstić information content (AvgIpc) is 2.64. The van der Waals surface area contributed by atoms with Gasteiger partial charge in [-0.25, -0.2) is 8.42 Å². The molecule has 2 aromatic rings. The van der Waals surface area contributed by atoms with Crippen LogP contribution in [0.15, 0.2) is 53.4 Å². The topological polar surface area (TPSA) is 92.7 Å². The molecule has 2 aromatic carbocycles. The second kappa shape index (κ2) is 7.88. The second-order valence-electron chi connectivity index (χ2n) is 6.62. The van der Waals surface area contributed by atoms with Crippen molar-refractivity contribution in [2.45, 2.75) is 17.7 Å². The van der Waals surface area contributed by atoms with Gasteiger partial charge >= 0.3 is 5.97 Å². The number of aliphatic carboxylic acids is 1. The van der Waals surface area contributed by atoms with Crippen LogP contribution in [0.2, 0.25) is 5.02 Å². The lowest BCUT2D eigenvalue weighted by Crippen LogP contribution is -2.46. The molecule has 0 saturated carbocycles. The summed E-state index contributed by atoms with van der Waals surface area (Å²) in [6.07, 6.45) is 0.582. The van der Waals surface area contributed by atoms with E-state index in [0.29, 0.717) is 42.5 Å². The SMILES string of the molecule is O=C(O)C1(CS(=O)(=O)c2ccc(Oc3ccc(Cl)cc3)cc2)CCNCC1. The van der Waals surface area contributed by atoms with Crippen molar-refractivity contribution >= 4 is 27.4 Å². The van der Waals surface area contributed by atoms with E-state index in [1.165, 1.54) is 12.1 Å². The standard InChI is InChI=1S/C19H20ClNO5S/c20-14-1-3-15(4-2-14)26-16-5-7-17(8-6-16)27(24,25)13-19(18(22)23)9-11-21-12-10-19/h1-8,21H,9-13H2,(H,22,23). The molecule has 0 unspecified atom stereocenters. The van der Waals surface area contributed by atoms with Gasteiger partial charge in [0.2, 0.25) is 0 Å². The van der Waals surface area contributed by atoms with Crippen LogP contribution in [0.1, 0.15) is 12.8 Å². The Bertz CT molecular complexity index is 904. The number of sulfone groups is 1. The summed E-state index contributed by atoms with van der Waals surface area (Å²) >= 11 is 5.83. The van der Waals surface area contributed by atoms with E-state index in [1.807, 2.05) is 0 Å². The Kier molecular flexibility index (Phi) is 5.74. The first-order chi connectivity index (χ1) is 12.8. The molecule has 0 atom stereocenters. The van der Waals surface area contributed by atoms with E-state index in [-0.39, 0.29) is 4.90 Å². The number of nitrogens with one attached hydrogen (secondary N) is 1. The lowest BCUT2D eigenvalue weighted by molar-refractivity contribution is -0.149. The van der Waals surface area contributed by atoms with Crippen molar-refractivity contribution < 1.29 is 23.1 Å². The van der Waals surface area contributed by atoms with Gasteiger partial charge in [-0.3, -0.25) is 4.79 Å². The van der Waals surface area contributed by atoms with Crippen LogP contribution in [-0.2, 0) is 14.6 Å². The fraction of sp³-hybridized carbons (Fsp3) is 0.316. The van der Waals surface area contributed by atoms with Crippen LogP contribution in [0.5, 0.6) is 11.5 Å². The minimum Gasteiger partial charge on any atom is -0.481 e. The molecule has 0 amide bonds. The normalized spacial score (nSPS) is 16.6. The highest BCUT2D eigenvalue weighted by molar-refractivity contribution is 7.91. The molecule has 0 bridgehead atoms. The van der Waals surface area contributed by atoms with Crippen LogP contribution in [0.3, 0.4) is 0 Å². The van der Waals surface area contributed by atoms with E-state index in [1.54, 1.807) is 36.4 Å². The Morgan fingerprint density at radius 2 is 1.56 bits per heavy atom. The lowest BCUT2D eigenvalue weighted by Gasteiger charge is -2.33. The van der Waals surface area contributed by atoms with Gasteiger partial charge in [0.05, 0.1) is 16.1 Å². The zero-order chi connectivity index (χ0) is 19.5.